The molecule has 0 spiro atoms. The van der Waals surface area contributed by atoms with Crippen LogP contribution in [0.25, 0.3) is 10.9 Å². The van der Waals surface area contributed by atoms with Gasteiger partial charge in [0.1, 0.15) is 5.82 Å². The molecule has 3 rings (SSSR count). The van der Waals surface area contributed by atoms with Gasteiger partial charge in [0.15, 0.2) is 0 Å². The lowest BCUT2D eigenvalue weighted by molar-refractivity contribution is 0.132. The fourth-order valence-corrected chi connectivity index (χ4v) is 3.72. The Morgan fingerprint density at radius 3 is 2.96 bits per heavy atom. The lowest BCUT2D eigenvalue weighted by Crippen LogP contribution is -2.51. The molecule has 0 radical (unpaired) electrons. The molecule has 2 heterocycles. The number of aromatic nitrogens is 2. The van der Waals surface area contributed by atoms with Crippen LogP contribution in [0.2, 0.25) is 5.02 Å². The van der Waals surface area contributed by atoms with Gasteiger partial charge in [0, 0.05) is 37.7 Å². The number of nitrogens with zero attached hydrogens (tertiary/aromatic N) is 3. The first-order valence-corrected chi connectivity index (χ1v) is 9.02. The van der Waals surface area contributed by atoms with Crippen LogP contribution in [0.4, 0.5) is 0 Å². The Morgan fingerprint density at radius 2 is 2.25 bits per heavy atom. The van der Waals surface area contributed by atoms with E-state index in [9.17, 15) is 4.79 Å². The quantitative estimate of drug-likeness (QED) is 0.923. The summed E-state index contributed by atoms with van der Waals surface area (Å²) in [5, 5.41) is 4.62. The highest BCUT2D eigenvalue weighted by molar-refractivity contribution is 6.31. The van der Waals surface area contributed by atoms with E-state index in [1.54, 1.807) is 16.7 Å². The number of hydrogen-bond donors (Lipinski definition) is 1. The standard InChI is InChI=1S/C18H25ClN4O/c1-4-5-16(23-9-8-20-12(2)11-23)17-21-15-7-6-13(19)10-14(15)18(24)22(17)3/h6-7,10,12,16,20H,4-5,8-9,11H2,1-3H3/t12-,16+/m0/s1. The average molecular weight is 349 g/mol. The van der Waals surface area contributed by atoms with Crippen LogP contribution in [-0.4, -0.2) is 40.1 Å². The SMILES string of the molecule is CCC[C@H](c1nc2ccc(Cl)cc2c(=O)n1C)N1CCN[C@@H](C)C1. The number of fused-ring (bicyclic) bond motifs is 1. The van der Waals surface area contributed by atoms with E-state index < -0.39 is 0 Å². The van der Waals surface area contributed by atoms with Crippen molar-refractivity contribution < 1.29 is 0 Å². The molecule has 0 unspecified atom stereocenters. The van der Waals surface area contributed by atoms with E-state index in [4.69, 9.17) is 16.6 Å². The molecule has 0 aliphatic carbocycles. The molecular formula is C18H25ClN4O. The van der Waals surface area contributed by atoms with Crippen LogP contribution in [-0.2, 0) is 7.05 Å². The largest absolute Gasteiger partial charge is 0.312 e. The monoisotopic (exact) mass is 348 g/mol. The Bertz CT molecular complexity index is 788. The Kier molecular flexibility index (Phi) is 5.23. The van der Waals surface area contributed by atoms with Crippen molar-refractivity contribution in [1.29, 1.82) is 0 Å². The van der Waals surface area contributed by atoms with Crippen molar-refractivity contribution in [2.45, 2.75) is 38.8 Å². The van der Waals surface area contributed by atoms with Crippen molar-refractivity contribution >= 4 is 22.5 Å². The highest BCUT2D eigenvalue weighted by Crippen LogP contribution is 2.26. The molecule has 24 heavy (non-hydrogen) atoms. The van der Waals surface area contributed by atoms with Crippen molar-refractivity contribution in [3.63, 3.8) is 0 Å². The van der Waals surface area contributed by atoms with Crippen molar-refractivity contribution in [1.82, 2.24) is 19.8 Å². The van der Waals surface area contributed by atoms with Crippen molar-refractivity contribution in [3.05, 3.63) is 39.4 Å². The normalized spacial score (nSPS) is 20.4. The van der Waals surface area contributed by atoms with Gasteiger partial charge in [-0.3, -0.25) is 14.3 Å². The van der Waals surface area contributed by atoms with Gasteiger partial charge in [-0.2, -0.15) is 0 Å². The van der Waals surface area contributed by atoms with E-state index in [1.807, 2.05) is 13.1 Å². The maximum Gasteiger partial charge on any atom is 0.261 e. The number of nitrogens with one attached hydrogen (secondary N) is 1. The number of piperazine rings is 1. The molecule has 1 fully saturated rings. The molecule has 1 N–H and O–H groups in total. The molecule has 2 atom stereocenters. The first kappa shape index (κ1) is 17.4. The minimum absolute atomic E-state index is 0.0261. The van der Waals surface area contributed by atoms with E-state index in [-0.39, 0.29) is 11.6 Å². The first-order valence-electron chi connectivity index (χ1n) is 8.65. The minimum atomic E-state index is -0.0261. The van der Waals surface area contributed by atoms with Crippen molar-refractivity contribution in [2.75, 3.05) is 19.6 Å². The van der Waals surface area contributed by atoms with Crippen LogP contribution in [0.3, 0.4) is 0 Å². The number of benzene rings is 1. The third kappa shape index (κ3) is 3.34. The molecule has 2 aromatic rings. The molecule has 130 valence electrons. The molecule has 1 aromatic heterocycles. The summed E-state index contributed by atoms with van der Waals surface area (Å²) < 4.78 is 1.70. The van der Waals surface area contributed by atoms with Gasteiger partial charge in [0.2, 0.25) is 0 Å². The number of halogens is 1. The Morgan fingerprint density at radius 1 is 1.46 bits per heavy atom. The van der Waals surface area contributed by atoms with Gasteiger partial charge in [-0.25, -0.2) is 4.98 Å². The summed E-state index contributed by atoms with van der Waals surface area (Å²) in [6.07, 6.45) is 2.05. The zero-order chi connectivity index (χ0) is 17.3. The molecule has 1 aromatic carbocycles. The van der Waals surface area contributed by atoms with E-state index in [1.165, 1.54) is 0 Å². The van der Waals surface area contributed by atoms with E-state index in [0.717, 1.165) is 43.8 Å². The summed E-state index contributed by atoms with van der Waals surface area (Å²) in [5.74, 6) is 0.853. The number of rotatable bonds is 4. The van der Waals surface area contributed by atoms with Gasteiger partial charge >= 0.3 is 0 Å². The van der Waals surface area contributed by atoms with E-state index in [2.05, 4.69) is 24.1 Å². The zero-order valence-corrected chi connectivity index (χ0v) is 15.3. The summed E-state index contributed by atoms with van der Waals surface area (Å²) in [6.45, 7) is 7.29. The highest BCUT2D eigenvalue weighted by atomic mass is 35.5. The summed E-state index contributed by atoms with van der Waals surface area (Å²) in [7, 11) is 1.82. The predicted octanol–water partition coefficient (Wildman–Crippen LogP) is 2.72. The smallest absolute Gasteiger partial charge is 0.261 e. The molecular weight excluding hydrogens is 324 g/mol. The maximum atomic E-state index is 12.8. The summed E-state index contributed by atoms with van der Waals surface area (Å²) in [5.41, 5.74) is 0.698. The summed E-state index contributed by atoms with van der Waals surface area (Å²) in [6, 6.07) is 5.96. The van der Waals surface area contributed by atoms with Crippen LogP contribution in [0.5, 0.6) is 0 Å². The highest BCUT2D eigenvalue weighted by Gasteiger charge is 2.27. The Labute approximate surface area is 147 Å². The fourth-order valence-electron chi connectivity index (χ4n) is 3.55. The van der Waals surface area contributed by atoms with Gasteiger partial charge in [-0.05, 0) is 31.5 Å². The average Bonchev–Trinajstić information content (AvgIpc) is 2.57. The van der Waals surface area contributed by atoms with Crippen LogP contribution in [0.1, 0.15) is 38.6 Å². The summed E-state index contributed by atoms with van der Waals surface area (Å²) in [4.78, 5) is 20.1. The van der Waals surface area contributed by atoms with Gasteiger partial charge in [0.05, 0.1) is 16.9 Å². The first-order chi connectivity index (χ1) is 11.5. The van der Waals surface area contributed by atoms with E-state index >= 15 is 0 Å². The predicted molar refractivity (Wildman–Crippen MR) is 98.7 cm³/mol. The molecule has 5 nitrogen and oxygen atoms in total. The second-order valence-electron chi connectivity index (χ2n) is 6.65. The van der Waals surface area contributed by atoms with Crippen LogP contribution >= 0.6 is 11.6 Å². The van der Waals surface area contributed by atoms with Crippen molar-refractivity contribution in [3.8, 4) is 0 Å². The molecule has 1 saturated heterocycles. The topological polar surface area (TPSA) is 50.2 Å². The van der Waals surface area contributed by atoms with Crippen LogP contribution < -0.4 is 10.9 Å². The Balaban J connectivity index is 2.08. The number of hydrogen-bond acceptors (Lipinski definition) is 4. The lowest BCUT2D eigenvalue weighted by atomic mass is 10.1. The fraction of sp³-hybridized carbons (Fsp3) is 0.556. The second-order valence-corrected chi connectivity index (χ2v) is 7.09. The molecule has 1 aliphatic heterocycles. The molecule has 1 aliphatic rings. The van der Waals surface area contributed by atoms with Gasteiger partial charge in [0.25, 0.3) is 5.56 Å². The molecule has 0 saturated carbocycles. The van der Waals surface area contributed by atoms with Crippen molar-refractivity contribution in [2.24, 2.45) is 7.05 Å². The third-order valence-corrected chi connectivity index (χ3v) is 5.01. The minimum Gasteiger partial charge on any atom is -0.312 e. The van der Waals surface area contributed by atoms with Gasteiger partial charge < -0.3 is 5.32 Å². The van der Waals surface area contributed by atoms with Crippen LogP contribution in [0.15, 0.2) is 23.0 Å². The van der Waals surface area contributed by atoms with E-state index in [0.29, 0.717) is 16.5 Å². The van der Waals surface area contributed by atoms with Gasteiger partial charge in [-0.15, -0.1) is 0 Å². The Hall–Kier alpha value is -1.43. The zero-order valence-electron chi connectivity index (χ0n) is 14.6. The molecule has 0 amide bonds. The second kappa shape index (κ2) is 7.21. The van der Waals surface area contributed by atoms with Crippen LogP contribution in [0, 0.1) is 0 Å². The third-order valence-electron chi connectivity index (χ3n) is 4.77. The molecule has 0 bridgehead atoms. The van der Waals surface area contributed by atoms with Gasteiger partial charge in [-0.1, -0.05) is 24.9 Å². The maximum absolute atomic E-state index is 12.8. The molecule has 6 heteroatoms. The summed E-state index contributed by atoms with van der Waals surface area (Å²) >= 11 is 6.04. The lowest BCUT2D eigenvalue weighted by Gasteiger charge is -2.38.